The Morgan fingerprint density at radius 2 is 1.35 bits per heavy atom. The highest BCUT2D eigenvalue weighted by Gasteiger charge is 2.32. The molecule has 1 N–H and O–H groups in total. The summed E-state index contributed by atoms with van der Waals surface area (Å²) in [5.74, 6) is -5.72. The van der Waals surface area contributed by atoms with Crippen molar-refractivity contribution in [2.45, 2.75) is 64.6 Å². The maximum Gasteiger partial charge on any atom is 0.383 e. The van der Waals surface area contributed by atoms with E-state index in [1.807, 2.05) is 0 Å². The van der Waals surface area contributed by atoms with Gasteiger partial charge in [0.1, 0.15) is 12.7 Å². The van der Waals surface area contributed by atoms with Crippen molar-refractivity contribution in [3.63, 3.8) is 0 Å². The van der Waals surface area contributed by atoms with Crippen molar-refractivity contribution >= 4 is 35.4 Å². The maximum atomic E-state index is 12.5. The molecule has 0 spiro atoms. The van der Waals surface area contributed by atoms with E-state index in [9.17, 15) is 33.9 Å². The van der Waals surface area contributed by atoms with Crippen LogP contribution in [0.5, 0.6) is 0 Å². The molecular formula is C28H30O12. The van der Waals surface area contributed by atoms with Crippen molar-refractivity contribution < 1.29 is 57.9 Å². The molecule has 12 heteroatoms. The fourth-order valence-electron chi connectivity index (χ4n) is 2.94. The average Bonchev–Trinajstić information content (AvgIpc) is 2.94. The molecule has 40 heavy (non-hydrogen) atoms. The first-order chi connectivity index (χ1) is 19.0. The van der Waals surface area contributed by atoms with Gasteiger partial charge >= 0.3 is 23.9 Å². The first kappa shape index (κ1) is 31.8. The lowest BCUT2D eigenvalue weighted by Gasteiger charge is -2.18. The number of hydrogen-bond donors (Lipinski definition) is 1. The van der Waals surface area contributed by atoms with Crippen LogP contribution in [-0.2, 0) is 54.6 Å². The van der Waals surface area contributed by atoms with Crippen LogP contribution >= 0.6 is 0 Å². The van der Waals surface area contributed by atoms with Gasteiger partial charge in [-0.2, -0.15) is 4.89 Å². The fourth-order valence-corrected chi connectivity index (χ4v) is 2.94. The predicted octanol–water partition coefficient (Wildman–Crippen LogP) is 2.05. The van der Waals surface area contributed by atoms with E-state index in [4.69, 9.17) is 19.1 Å². The number of rotatable bonds is 15. The Kier molecular flexibility index (Phi) is 12.6. The van der Waals surface area contributed by atoms with Crippen LogP contribution in [0.4, 0.5) is 0 Å². The first-order valence-corrected chi connectivity index (χ1v) is 12.2. The van der Waals surface area contributed by atoms with Gasteiger partial charge in [0.15, 0.2) is 23.8 Å². The molecule has 0 amide bonds. The van der Waals surface area contributed by atoms with Gasteiger partial charge in [-0.1, -0.05) is 60.7 Å². The largest absolute Gasteiger partial charge is 0.461 e. The lowest BCUT2D eigenvalue weighted by atomic mass is 10.0. The van der Waals surface area contributed by atoms with Crippen LogP contribution in [-0.4, -0.2) is 65.0 Å². The Morgan fingerprint density at radius 3 is 1.95 bits per heavy atom. The van der Waals surface area contributed by atoms with Gasteiger partial charge in [0, 0.05) is 5.56 Å². The monoisotopic (exact) mass is 558 g/mol. The second-order valence-corrected chi connectivity index (χ2v) is 8.60. The summed E-state index contributed by atoms with van der Waals surface area (Å²) in [4.78, 5) is 82.6. The second kappa shape index (κ2) is 15.9. The van der Waals surface area contributed by atoms with Crippen molar-refractivity contribution in [2.24, 2.45) is 0 Å². The number of carbonyl (C=O) groups is 6. The van der Waals surface area contributed by atoms with E-state index in [0.717, 1.165) is 13.8 Å². The van der Waals surface area contributed by atoms with Crippen LogP contribution < -0.4 is 0 Å². The second-order valence-electron chi connectivity index (χ2n) is 8.60. The van der Waals surface area contributed by atoms with Gasteiger partial charge in [-0.05, 0) is 26.3 Å². The van der Waals surface area contributed by atoms with Crippen molar-refractivity contribution in [1.29, 1.82) is 0 Å². The van der Waals surface area contributed by atoms with Crippen LogP contribution in [0.2, 0.25) is 0 Å². The molecule has 2 aromatic rings. The molecule has 0 aliphatic carbocycles. The normalized spacial score (nSPS) is 13.6. The molecule has 0 unspecified atom stereocenters. The third-order valence-corrected chi connectivity index (χ3v) is 5.24. The van der Waals surface area contributed by atoms with Gasteiger partial charge in [0.25, 0.3) is 0 Å². The highest BCUT2D eigenvalue weighted by atomic mass is 17.2. The number of aliphatic hydroxyl groups is 1. The van der Waals surface area contributed by atoms with Gasteiger partial charge in [-0.25, -0.2) is 14.4 Å². The van der Waals surface area contributed by atoms with E-state index >= 15 is 0 Å². The van der Waals surface area contributed by atoms with E-state index in [-0.39, 0.29) is 6.61 Å². The minimum Gasteiger partial charge on any atom is -0.461 e. The van der Waals surface area contributed by atoms with Gasteiger partial charge in [-0.3, -0.25) is 19.3 Å². The highest BCUT2D eigenvalue weighted by Crippen LogP contribution is 2.11. The third-order valence-electron chi connectivity index (χ3n) is 5.24. The molecule has 12 nitrogen and oxygen atoms in total. The summed E-state index contributed by atoms with van der Waals surface area (Å²) in [5, 5.41) is 9.39. The number of Topliss-reactive ketones (excluding diaryl/α,β-unsaturated/α-hetero) is 2. The van der Waals surface area contributed by atoms with E-state index in [2.05, 4.69) is 4.89 Å². The Labute approximate surface area is 230 Å². The first-order valence-electron chi connectivity index (χ1n) is 12.2. The Hall–Kier alpha value is -4.42. The topological polar surface area (TPSA) is 169 Å². The summed E-state index contributed by atoms with van der Waals surface area (Å²) < 4.78 is 14.9. The number of ketones is 2. The minimum atomic E-state index is -1.86. The summed E-state index contributed by atoms with van der Waals surface area (Å²) >= 11 is 0. The smallest absolute Gasteiger partial charge is 0.383 e. The standard InChI is InChI=1S/C28H30O12/c1-17(29)26(33)38-24(15-25(32)36-16-20-10-6-4-7-11-20)28(35)40-39-19(3)27(34)37-18(2)22(30)14-23(31)21-12-8-5-9-13-21/h4-13,17-19,24,29H,14-16H2,1-3H3/t17-,18-,19-,24-/m0/s1. The number of hydrogen-bond acceptors (Lipinski definition) is 12. The molecule has 0 saturated heterocycles. The lowest BCUT2D eigenvalue weighted by Crippen LogP contribution is -2.37. The fraction of sp³-hybridized carbons (Fsp3) is 0.357. The molecule has 4 atom stereocenters. The van der Waals surface area contributed by atoms with Gasteiger partial charge in [0.2, 0.25) is 6.10 Å². The number of aliphatic hydroxyl groups excluding tert-OH is 1. The third kappa shape index (κ3) is 10.8. The van der Waals surface area contributed by atoms with E-state index in [1.54, 1.807) is 60.7 Å². The van der Waals surface area contributed by atoms with Crippen molar-refractivity contribution in [1.82, 2.24) is 0 Å². The maximum absolute atomic E-state index is 12.5. The van der Waals surface area contributed by atoms with Gasteiger partial charge < -0.3 is 19.3 Å². The summed E-state index contributed by atoms with van der Waals surface area (Å²) in [6.45, 7) is 3.39. The minimum absolute atomic E-state index is 0.112. The summed E-state index contributed by atoms with van der Waals surface area (Å²) in [7, 11) is 0. The van der Waals surface area contributed by atoms with Crippen LogP contribution in [0.3, 0.4) is 0 Å². The molecule has 2 aromatic carbocycles. The van der Waals surface area contributed by atoms with Crippen LogP contribution in [0, 0.1) is 0 Å². The van der Waals surface area contributed by atoms with Crippen LogP contribution in [0.1, 0.15) is 49.5 Å². The number of carbonyl (C=O) groups excluding carboxylic acids is 6. The highest BCUT2D eigenvalue weighted by molar-refractivity contribution is 6.09. The van der Waals surface area contributed by atoms with Crippen molar-refractivity contribution in [3.05, 3.63) is 71.8 Å². The molecule has 0 fully saturated rings. The zero-order valence-electron chi connectivity index (χ0n) is 22.1. The Morgan fingerprint density at radius 1 is 0.750 bits per heavy atom. The molecule has 0 aromatic heterocycles. The van der Waals surface area contributed by atoms with Gasteiger partial charge in [-0.15, -0.1) is 0 Å². The molecule has 0 aliphatic rings. The Bertz CT molecular complexity index is 1180. The van der Waals surface area contributed by atoms with Crippen molar-refractivity contribution in [3.8, 4) is 0 Å². The van der Waals surface area contributed by atoms with E-state index < -0.39 is 72.7 Å². The Balaban J connectivity index is 1.88. The van der Waals surface area contributed by atoms with Crippen LogP contribution in [0.25, 0.3) is 0 Å². The molecule has 0 bridgehead atoms. The van der Waals surface area contributed by atoms with E-state index in [1.165, 1.54) is 6.92 Å². The molecule has 0 radical (unpaired) electrons. The summed E-state index contributed by atoms with van der Waals surface area (Å²) in [6, 6.07) is 16.7. The quantitative estimate of drug-likeness (QED) is 0.0844. The van der Waals surface area contributed by atoms with Crippen LogP contribution in [0.15, 0.2) is 60.7 Å². The SMILES string of the molecule is C[C@H](O)C(=O)O[C@@H](CC(=O)OCc1ccccc1)C(=O)OO[C@@H](C)C(=O)O[C@@H](C)C(=O)CC(=O)c1ccccc1. The zero-order chi connectivity index (χ0) is 29.7. The summed E-state index contributed by atoms with van der Waals surface area (Å²) in [6.07, 6.45) is -7.59. The van der Waals surface area contributed by atoms with Gasteiger partial charge in [0.05, 0.1) is 12.8 Å². The molecule has 214 valence electrons. The summed E-state index contributed by atoms with van der Waals surface area (Å²) in [5.41, 5.74) is 0.997. The average molecular weight is 559 g/mol. The number of esters is 3. The number of ether oxygens (including phenoxy) is 3. The number of benzene rings is 2. The zero-order valence-corrected chi connectivity index (χ0v) is 22.1. The molecule has 2 rings (SSSR count). The lowest BCUT2D eigenvalue weighted by molar-refractivity contribution is -0.299. The van der Waals surface area contributed by atoms with Crippen molar-refractivity contribution in [2.75, 3.05) is 0 Å². The molecule has 0 saturated carbocycles. The predicted molar refractivity (Wildman–Crippen MR) is 135 cm³/mol. The molecule has 0 heterocycles. The molecular weight excluding hydrogens is 528 g/mol. The molecule has 0 aliphatic heterocycles. The van der Waals surface area contributed by atoms with E-state index in [0.29, 0.717) is 11.1 Å².